The van der Waals surface area contributed by atoms with Crippen molar-refractivity contribution in [2.24, 2.45) is 5.92 Å². The van der Waals surface area contributed by atoms with Gasteiger partial charge < -0.3 is 18.5 Å². The van der Waals surface area contributed by atoms with Crippen LogP contribution in [0.4, 0.5) is 8.78 Å². The maximum atomic E-state index is 15.5. The Morgan fingerprint density at radius 3 is 2.42 bits per heavy atom. The molecule has 13 heteroatoms. The number of thioether (sulfide) groups is 1. The van der Waals surface area contributed by atoms with Crippen LogP contribution >= 0.6 is 31.0 Å². The average molecular weight is 611 g/mol. The third-order valence-corrected chi connectivity index (χ3v) is 13.4. The van der Waals surface area contributed by atoms with E-state index in [1.807, 2.05) is 0 Å². The predicted molar refractivity (Wildman–Crippen MR) is 143 cm³/mol. The minimum absolute atomic E-state index is 0.0183. The molecule has 0 bridgehead atoms. The highest BCUT2D eigenvalue weighted by molar-refractivity contribution is 8.04. The topological polar surface area (TPSA) is 88.1 Å². The third-order valence-electron chi connectivity index (χ3n) is 6.79. The van der Waals surface area contributed by atoms with Gasteiger partial charge >= 0.3 is 7.60 Å². The standard InChI is InChI=1S/C25H30ClF2O7PS2/c1-3-34-36(29,35-4-2)16-37-14-11-22-19-15-33-24-21(28)10-9-20(27)23(24)25(19,12-13-32-22)38(30,31)18-7-5-17(26)6-8-18/h5-10,19,22H,3-4,11-16H2,1-2H3/t19-,22-,25-/m0/s1. The zero-order valence-corrected chi connectivity index (χ0v) is 24.3. The number of benzene rings is 2. The molecule has 0 aromatic heterocycles. The fourth-order valence-electron chi connectivity index (χ4n) is 5.22. The fourth-order valence-corrected chi connectivity index (χ4v) is 11.0. The van der Waals surface area contributed by atoms with E-state index in [0.717, 1.165) is 12.1 Å². The summed E-state index contributed by atoms with van der Waals surface area (Å²) in [6, 6.07) is 7.50. The number of halogens is 3. The van der Waals surface area contributed by atoms with Gasteiger partial charge in [0.2, 0.25) is 0 Å². The summed E-state index contributed by atoms with van der Waals surface area (Å²) in [4.78, 5) is -0.0483. The van der Waals surface area contributed by atoms with Crippen LogP contribution < -0.4 is 4.74 Å². The van der Waals surface area contributed by atoms with Gasteiger partial charge in [0.25, 0.3) is 0 Å². The lowest BCUT2D eigenvalue weighted by Gasteiger charge is -2.50. The van der Waals surface area contributed by atoms with E-state index in [9.17, 15) is 17.4 Å². The Hall–Kier alpha value is -1.20. The van der Waals surface area contributed by atoms with Gasteiger partial charge in [-0.3, -0.25) is 4.57 Å². The van der Waals surface area contributed by atoms with Crippen LogP contribution in [0.25, 0.3) is 0 Å². The molecule has 4 rings (SSSR count). The molecule has 1 saturated heterocycles. The molecular formula is C25H30ClF2O7PS2. The summed E-state index contributed by atoms with van der Waals surface area (Å²) in [5.41, 5.74) is -0.179. The molecule has 0 radical (unpaired) electrons. The number of ether oxygens (including phenoxy) is 2. The minimum Gasteiger partial charge on any atom is -0.490 e. The van der Waals surface area contributed by atoms with Gasteiger partial charge in [-0.1, -0.05) is 11.6 Å². The second kappa shape index (κ2) is 12.1. The number of fused-ring (bicyclic) bond motifs is 3. The lowest BCUT2D eigenvalue weighted by atomic mass is 9.75. The van der Waals surface area contributed by atoms with Crippen molar-refractivity contribution in [1.82, 2.24) is 0 Å². The van der Waals surface area contributed by atoms with Gasteiger partial charge in [0.15, 0.2) is 21.4 Å². The lowest BCUT2D eigenvalue weighted by molar-refractivity contribution is -0.0731. The summed E-state index contributed by atoms with van der Waals surface area (Å²) in [6.45, 7) is 3.80. The molecule has 38 heavy (non-hydrogen) atoms. The van der Waals surface area contributed by atoms with Gasteiger partial charge in [-0.15, -0.1) is 11.8 Å². The molecular weight excluding hydrogens is 581 g/mol. The van der Waals surface area contributed by atoms with Crippen LogP contribution in [0.2, 0.25) is 5.02 Å². The summed E-state index contributed by atoms with van der Waals surface area (Å²) < 4.78 is 92.2. The molecule has 0 aliphatic carbocycles. The van der Waals surface area contributed by atoms with Gasteiger partial charge in [-0.05, 0) is 68.8 Å². The molecule has 2 heterocycles. The van der Waals surface area contributed by atoms with Crippen LogP contribution in [0, 0.1) is 17.6 Å². The Labute approximate surface area is 231 Å². The zero-order chi connectivity index (χ0) is 27.6. The highest BCUT2D eigenvalue weighted by atomic mass is 35.5. The van der Waals surface area contributed by atoms with E-state index < -0.39 is 45.8 Å². The maximum absolute atomic E-state index is 15.5. The van der Waals surface area contributed by atoms with Crippen LogP contribution in [-0.4, -0.2) is 52.2 Å². The second-order valence-corrected chi connectivity index (χ2v) is 15.2. The molecule has 2 aromatic rings. The molecule has 0 N–H and O–H groups in total. The van der Waals surface area contributed by atoms with E-state index in [1.165, 1.54) is 36.0 Å². The summed E-state index contributed by atoms with van der Waals surface area (Å²) in [5.74, 6) is -2.45. The van der Waals surface area contributed by atoms with E-state index >= 15 is 4.39 Å². The maximum Gasteiger partial charge on any atom is 0.340 e. The van der Waals surface area contributed by atoms with E-state index in [2.05, 4.69) is 0 Å². The van der Waals surface area contributed by atoms with Gasteiger partial charge in [-0.2, -0.15) is 0 Å². The molecule has 3 atom stereocenters. The van der Waals surface area contributed by atoms with Crippen molar-refractivity contribution in [2.45, 2.75) is 42.4 Å². The van der Waals surface area contributed by atoms with Crippen molar-refractivity contribution in [3.8, 4) is 5.75 Å². The Morgan fingerprint density at radius 2 is 1.76 bits per heavy atom. The van der Waals surface area contributed by atoms with Crippen LogP contribution in [0.3, 0.4) is 0 Å². The monoisotopic (exact) mass is 610 g/mol. The third kappa shape index (κ3) is 5.53. The molecule has 0 saturated carbocycles. The quantitative estimate of drug-likeness (QED) is 0.212. The molecule has 0 spiro atoms. The number of rotatable bonds is 11. The first kappa shape index (κ1) is 29.8. The molecule has 2 aliphatic rings. The first-order valence-corrected chi connectivity index (χ1v) is 17.0. The Morgan fingerprint density at radius 1 is 1.11 bits per heavy atom. The van der Waals surface area contributed by atoms with Crippen molar-refractivity contribution < 1.29 is 40.3 Å². The van der Waals surface area contributed by atoms with E-state index in [1.54, 1.807) is 13.8 Å². The van der Waals surface area contributed by atoms with E-state index in [-0.39, 0.29) is 54.6 Å². The number of sulfone groups is 1. The Kier molecular flexibility index (Phi) is 9.50. The molecule has 0 amide bonds. The number of hydrogen-bond acceptors (Lipinski definition) is 8. The van der Waals surface area contributed by atoms with Crippen molar-refractivity contribution in [3.05, 3.63) is 58.6 Å². The molecule has 7 nitrogen and oxygen atoms in total. The van der Waals surface area contributed by atoms with Crippen LogP contribution in [-0.2, 0) is 32.9 Å². The summed E-state index contributed by atoms with van der Waals surface area (Å²) in [5, 5.41) is 0.348. The number of hydrogen-bond donors (Lipinski definition) is 0. The zero-order valence-electron chi connectivity index (χ0n) is 21.0. The molecule has 2 aromatic carbocycles. The van der Waals surface area contributed by atoms with Crippen LogP contribution in [0.1, 0.15) is 32.3 Å². The smallest absolute Gasteiger partial charge is 0.340 e. The normalized spacial score (nSPS) is 23.4. The van der Waals surface area contributed by atoms with Gasteiger partial charge in [-0.25, -0.2) is 17.2 Å². The van der Waals surface area contributed by atoms with Gasteiger partial charge in [0, 0.05) is 17.5 Å². The second-order valence-electron chi connectivity index (χ2n) is 8.93. The van der Waals surface area contributed by atoms with Gasteiger partial charge in [0.05, 0.1) is 41.9 Å². The summed E-state index contributed by atoms with van der Waals surface area (Å²) in [6.07, 6.45) is -0.360. The van der Waals surface area contributed by atoms with E-state index in [0.29, 0.717) is 17.2 Å². The predicted octanol–water partition coefficient (Wildman–Crippen LogP) is 6.43. The van der Waals surface area contributed by atoms with E-state index in [4.69, 9.17) is 30.1 Å². The fraction of sp³-hybridized carbons (Fsp3) is 0.520. The van der Waals surface area contributed by atoms with Crippen molar-refractivity contribution in [2.75, 3.05) is 37.7 Å². The lowest BCUT2D eigenvalue weighted by Crippen LogP contribution is -2.57. The first-order chi connectivity index (χ1) is 18.1. The molecule has 2 aliphatic heterocycles. The van der Waals surface area contributed by atoms with Gasteiger partial charge in [0.1, 0.15) is 10.6 Å². The van der Waals surface area contributed by atoms with Crippen LogP contribution in [0.15, 0.2) is 41.3 Å². The van der Waals surface area contributed by atoms with Crippen molar-refractivity contribution >= 4 is 40.8 Å². The Balaban J connectivity index is 1.69. The first-order valence-electron chi connectivity index (χ1n) is 12.3. The molecule has 0 unspecified atom stereocenters. The van der Waals surface area contributed by atoms with Crippen molar-refractivity contribution in [1.29, 1.82) is 0 Å². The van der Waals surface area contributed by atoms with Crippen LogP contribution in [0.5, 0.6) is 5.75 Å². The minimum atomic E-state index is -4.27. The SMILES string of the molecule is CCOP(=O)(CSCC[C@@H]1OCC[C@@]2(S(=O)(=O)c3ccc(Cl)cc3)c3c(F)ccc(F)c3OC[C@@H]12)OCC. The molecule has 1 fully saturated rings. The Bertz CT molecular complexity index is 1290. The van der Waals surface area contributed by atoms with Crippen molar-refractivity contribution in [3.63, 3.8) is 0 Å². The molecule has 210 valence electrons. The summed E-state index contributed by atoms with van der Waals surface area (Å²) in [7, 11) is -7.53. The average Bonchev–Trinajstić information content (AvgIpc) is 2.88. The largest absolute Gasteiger partial charge is 0.490 e. The summed E-state index contributed by atoms with van der Waals surface area (Å²) >= 11 is 7.33. The highest BCUT2D eigenvalue weighted by Gasteiger charge is 2.61. The highest BCUT2D eigenvalue weighted by Crippen LogP contribution is 2.56.